The van der Waals surface area contributed by atoms with Crippen LogP contribution in [0.25, 0.3) is 11.2 Å². The van der Waals surface area contributed by atoms with Gasteiger partial charge in [-0.3, -0.25) is 9.69 Å². The first-order valence-corrected chi connectivity index (χ1v) is 11.3. The Morgan fingerprint density at radius 1 is 1.03 bits per heavy atom. The first kappa shape index (κ1) is 20.0. The van der Waals surface area contributed by atoms with Crippen molar-refractivity contribution in [2.45, 2.75) is 31.7 Å². The second-order valence-corrected chi connectivity index (χ2v) is 8.45. The van der Waals surface area contributed by atoms with Gasteiger partial charge in [0.1, 0.15) is 17.9 Å². The maximum Gasteiger partial charge on any atom is 0.255 e. The van der Waals surface area contributed by atoms with Crippen molar-refractivity contribution >= 4 is 17.1 Å². The minimum absolute atomic E-state index is 0.0463. The molecule has 2 aromatic heterocycles. The highest BCUT2D eigenvalue weighted by Gasteiger charge is 2.24. The second kappa shape index (κ2) is 9.06. The van der Waals surface area contributed by atoms with Crippen LogP contribution in [0, 0.1) is 0 Å². The van der Waals surface area contributed by atoms with Crippen molar-refractivity contribution in [1.82, 2.24) is 24.3 Å². The number of hydrogen-bond donors (Lipinski definition) is 0. The van der Waals surface area contributed by atoms with Crippen LogP contribution in [0.15, 0.2) is 48.9 Å². The van der Waals surface area contributed by atoms with E-state index in [0.717, 1.165) is 49.6 Å². The average Bonchev–Trinajstić information content (AvgIpc) is 3.49. The Morgan fingerprint density at radius 3 is 2.58 bits per heavy atom. The zero-order valence-corrected chi connectivity index (χ0v) is 17.8. The van der Waals surface area contributed by atoms with E-state index in [-0.39, 0.29) is 5.91 Å². The molecule has 162 valence electrons. The molecule has 2 aliphatic rings. The number of carbonyl (C=O) groups excluding carboxylic acids is 1. The van der Waals surface area contributed by atoms with Crippen molar-refractivity contribution in [2.75, 3.05) is 39.3 Å². The minimum Gasteiger partial charge on any atom is -0.492 e. The van der Waals surface area contributed by atoms with Crippen LogP contribution in [-0.4, -0.2) is 69.6 Å². The number of pyridine rings is 1. The molecule has 0 radical (unpaired) electrons. The third-order valence-corrected chi connectivity index (χ3v) is 6.46. The van der Waals surface area contributed by atoms with Crippen LogP contribution < -0.4 is 4.74 Å². The van der Waals surface area contributed by atoms with Gasteiger partial charge in [0.25, 0.3) is 5.91 Å². The third kappa shape index (κ3) is 4.42. The van der Waals surface area contributed by atoms with E-state index in [2.05, 4.69) is 19.4 Å². The number of benzene rings is 1. The monoisotopic (exact) mass is 419 g/mol. The fourth-order valence-corrected chi connectivity index (χ4v) is 4.65. The lowest BCUT2D eigenvalue weighted by molar-refractivity contribution is 0.0620. The molecule has 1 aliphatic carbocycles. The standard InChI is InChI=1S/C24H29N5O2/c30-24(19-16-22-23(25-17-19)29(18-26-22)20-6-4-5-7-20)28-12-10-27(11-13-28)14-15-31-21-8-2-1-3-9-21/h1-3,8-9,16-18,20H,4-7,10-15H2. The molecule has 7 heteroatoms. The van der Waals surface area contributed by atoms with E-state index in [9.17, 15) is 4.79 Å². The van der Waals surface area contributed by atoms with E-state index >= 15 is 0 Å². The predicted octanol–water partition coefficient (Wildman–Crippen LogP) is 3.38. The summed E-state index contributed by atoms with van der Waals surface area (Å²) >= 11 is 0. The molecule has 1 amide bonds. The number of fused-ring (bicyclic) bond motifs is 1. The molecule has 3 aromatic rings. The summed E-state index contributed by atoms with van der Waals surface area (Å²) in [7, 11) is 0. The maximum absolute atomic E-state index is 13.0. The van der Waals surface area contributed by atoms with Crippen molar-refractivity contribution in [3.8, 4) is 5.75 Å². The Morgan fingerprint density at radius 2 is 1.81 bits per heavy atom. The molecule has 5 rings (SSSR count). The zero-order chi connectivity index (χ0) is 21.0. The number of carbonyl (C=O) groups is 1. The number of para-hydroxylation sites is 1. The van der Waals surface area contributed by atoms with E-state index < -0.39 is 0 Å². The molecule has 0 N–H and O–H groups in total. The van der Waals surface area contributed by atoms with Gasteiger partial charge in [-0.15, -0.1) is 0 Å². The van der Waals surface area contributed by atoms with E-state index in [1.54, 1.807) is 6.20 Å². The Bertz CT molecular complexity index is 1020. The van der Waals surface area contributed by atoms with Crippen LogP contribution in [-0.2, 0) is 0 Å². The van der Waals surface area contributed by atoms with Gasteiger partial charge in [0, 0.05) is 45.0 Å². The van der Waals surface area contributed by atoms with Crippen LogP contribution >= 0.6 is 0 Å². The number of ether oxygens (including phenoxy) is 1. The van der Waals surface area contributed by atoms with Crippen molar-refractivity contribution < 1.29 is 9.53 Å². The van der Waals surface area contributed by atoms with Gasteiger partial charge < -0.3 is 14.2 Å². The Kier molecular flexibility index (Phi) is 5.84. The van der Waals surface area contributed by atoms with Gasteiger partial charge >= 0.3 is 0 Å². The molecule has 0 spiro atoms. The average molecular weight is 420 g/mol. The first-order chi connectivity index (χ1) is 15.3. The third-order valence-electron chi connectivity index (χ3n) is 6.46. The van der Waals surface area contributed by atoms with E-state index in [0.29, 0.717) is 18.2 Å². The summed E-state index contributed by atoms with van der Waals surface area (Å²) in [6.07, 6.45) is 8.52. The number of imidazole rings is 1. The van der Waals surface area contributed by atoms with Gasteiger partial charge in [0.2, 0.25) is 0 Å². The van der Waals surface area contributed by atoms with Crippen LogP contribution in [0.5, 0.6) is 5.75 Å². The van der Waals surface area contributed by atoms with Crippen LogP contribution in [0.2, 0.25) is 0 Å². The predicted molar refractivity (Wildman–Crippen MR) is 119 cm³/mol. The lowest BCUT2D eigenvalue weighted by Gasteiger charge is -2.34. The quantitative estimate of drug-likeness (QED) is 0.613. The SMILES string of the molecule is O=C(c1cnc2c(c1)ncn2C1CCCC1)N1CCN(CCOc2ccccc2)CC1. The fourth-order valence-electron chi connectivity index (χ4n) is 4.65. The molecule has 3 heterocycles. The highest BCUT2D eigenvalue weighted by atomic mass is 16.5. The fraction of sp³-hybridized carbons (Fsp3) is 0.458. The van der Waals surface area contributed by atoms with Gasteiger partial charge in [-0.2, -0.15) is 0 Å². The summed E-state index contributed by atoms with van der Waals surface area (Å²) in [6.45, 7) is 4.68. The number of hydrogen-bond acceptors (Lipinski definition) is 5. The number of rotatable bonds is 6. The molecule has 0 atom stereocenters. The molecule has 1 saturated carbocycles. The second-order valence-electron chi connectivity index (χ2n) is 8.45. The molecule has 31 heavy (non-hydrogen) atoms. The van der Waals surface area contributed by atoms with Gasteiger partial charge in [-0.25, -0.2) is 9.97 Å². The molecule has 1 saturated heterocycles. The number of aromatic nitrogens is 3. The smallest absolute Gasteiger partial charge is 0.255 e. The topological polar surface area (TPSA) is 63.5 Å². The summed E-state index contributed by atoms with van der Waals surface area (Å²) in [5, 5.41) is 0. The first-order valence-electron chi connectivity index (χ1n) is 11.3. The maximum atomic E-state index is 13.0. The van der Waals surface area contributed by atoms with Gasteiger partial charge in [0.05, 0.1) is 11.9 Å². The summed E-state index contributed by atoms with van der Waals surface area (Å²) < 4.78 is 7.98. The Balaban J connectivity index is 1.15. The van der Waals surface area contributed by atoms with Crippen molar-refractivity contribution in [3.05, 3.63) is 54.5 Å². The largest absolute Gasteiger partial charge is 0.492 e. The lowest BCUT2D eigenvalue weighted by Crippen LogP contribution is -2.49. The normalized spacial score (nSPS) is 18.0. The molecule has 7 nitrogen and oxygen atoms in total. The number of nitrogens with zero attached hydrogens (tertiary/aromatic N) is 5. The summed E-state index contributed by atoms with van der Waals surface area (Å²) in [6, 6.07) is 12.3. The minimum atomic E-state index is 0.0463. The number of piperazine rings is 1. The molecule has 1 aromatic carbocycles. The Hall–Kier alpha value is -2.93. The van der Waals surface area contributed by atoms with E-state index in [1.807, 2.05) is 47.6 Å². The van der Waals surface area contributed by atoms with Crippen LogP contribution in [0.4, 0.5) is 0 Å². The number of amides is 1. The molecule has 0 bridgehead atoms. The molecule has 1 aliphatic heterocycles. The van der Waals surface area contributed by atoms with E-state index in [4.69, 9.17) is 4.74 Å². The zero-order valence-electron chi connectivity index (χ0n) is 17.8. The van der Waals surface area contributed by atoms with E-state index in [1.165, 1.54) is 25.7 Å². The van der Waals surface area contributed by atoms with Gasteiger partial charge in [-0.05, 0) is 31.0 Å². The van der Waals surface area contributed by atoms with Crippen molar-refractivity contribution in [2.24, 2.45) is 0 Å². The van der Waals surface area contributed by atoms with Crippen LogP contribution in [0.1, 0.15) is 42.1 Å². The summed E-state index contributed by atoms with van der Waals surface area (Å²) in [5.74, 6) is 0.944. The molecule has 2 fully saturated rings. The summed E-state index contributed by atoms with van der Waals surface area (Å²) in [5.41, 5.74) is 2.34. The molecular formula is C24H29N5O2. The highest BCUT2D eigenvalue weighted by Crippen LogP contribution is 2.31. The summed E-state index contributed by atoms with van der Waals surface area (Å²) in [4.78, 5) is 26.4. The molecule has 0 unspecified atom stereocenters. The van der Waals surface area contributed by atoms with Crippen LogP contribution in [0.3, 0.4) is 0 Å². The molecular weight excluding hydrogens is 390 g/mol. The Labute approximate surface area is 182 Å². The van der Waals surface area contributed by atoms with Gasteiger partial charge in [-0.1, -0.05) is 31.0 Å². The van der Waals surface area contributed by atoms with Crippen molar-refractivity contribution in [3.63, 3.8) is 0 Å². The van der Waals surface area contributed by atoms with Crippen molar-refractivity contribution in [1.29, 1.82) is 0 Å². The van der Waals surface area contributed by atoms with Gasteiger partial charge in [0.15, 0.2) is 5.65 Å². The lowest BCUT2D eigenvalue weighted by atomic mass is 10.2. The highest BCUT2D eigenvalue weighted by molar-refractivity contribution is 5.96.